The summed E-state index contributed by atoms with van der Waals surface area (Å²) in [5, 5.41) is 10.1. The van der Waals surface area contributed by atoms with Crippen LogP contribution in [-0.4, -0.2) is 0 Å². The molecule has 52 heavy (non-hydrogen) atoms. The summed E-state index contributed by atoms with van der Waals surface area (Å²) in [4.78, 5) is 0. The summed E-state index contributed by atoms with van der Waals surface area (Å²) in [6.07, 6.45) is 0. The van der Waals surface area contributed by atoms with Crippen LogP contribution >= 0.6 is 0 Å². The second kappa shape index (κ2) is 12.5. The fourth-order valence-corrected chi connectivity index (χ4v) is 8.20. The Morgan fingerprint density at radius 2 is 0.635 bits per heavy atom. The van der Waals surface area contributed by atoms with Gasteiger partial charge in [-0.1, -0.05) is 194 Å². The lowest BCUT2D eigenvalue weighted by Gasteiger charge is -2.20. The summed E-state index contributed by atoms with van der Waals surface area (Å²) < 4.78 is 0. The lowest BCUT2D eigenvalue weighted by Crippen LogP contribution is -1.93. The molecular formula is C52H34. The molecule has 0 unspecified atom stereocenters. The monoisotopic (exact) mass is 658 g/mol. The number of rotatable bonds is 5. The van der Waals surface area contributed by atoms with Gasteiger partial charge in [0.25, 0.3) is 0 Å². The van der Waals surface area contributed by atoms with E-state index in [2.05, 4.69) is 206 Å². The summed E-state index contributed by atoms with van der Waals surface area (Å²) >= 11 is 0. The number of fused-ring (bicyclic) bond motifs is 4. The Labute approximate surface area is 303 Å². The highest BCUT2D eigenvalue weighted by Gasteiger charge is 2.19. The average Bonchev–Trinajstić information content (AvgIpc) is 3.22. The van der Waals surface area contributed by atoms with E-state index in [1.54, 1.807) is 0 Å². The van der Waals surface area contributed by atoms with E-state index in [4.69, 9.17) is 0 Å². The van der Waals surface area contributed by atoms with E-state index >= 15 is 0 Å². The third kappa shape index (κ3) is 5.08. The summed E-state index contributed by atoms with van der Waals surface area (Å²) in [6, 6.07) is 75.5. The van der Waals surface area contributed by atoms with Gasteiger partial charge in [0, 0.05) is 0 Å². The van der Waals surface area contributed by atoms with E-state index in [1.807, 2.05) is 0 Å². The Balaban J connectivity index is 1.13. The predicted octanol–water partition coefficient (Wildman–Crippen LogP) is 14.6. The largest absolute Gasteiger partial charge is 0.0622 e. The lowest BCUT2D eigenvalue weighted by atomic mass is 9.83. The highest BCUT2D eigenvalue weighted by molar-refractivity contribution is 6.22. The van der Waals surface area contributed by atoms with Crippen LogP contribution in [0, 0.1) is 0 Å². The summed E-state index contributed by atoms with van der Waals surface area (Å²) in [6.45, 7) is 0. The van der Waals surface area contributed by atoms with Crippen LogP contribution in [0.5, 0.6) is 0 Å². The molecule has 0 saturated carbocycles. The highest BCUT2D eigenvalue weighted by Crippen LogP contribution is 2.46. The Kier molecular flexibility index (Phi) is 7.25. The third-order valence-corrected chi connectivity index (χ3v) is 10.7. The minimum atomic E-state index is 1.21. The highest BCUT2D eigenvalue weighted by atomic mass is 14.2. The van der Waals surface area contributed by atoms with Gasteiger partial charge in [0.2, 0.25) is 0 Å². The molecule has 0 saturated heterocycles. The molecule has 0 atom stereocenters. The van der Waals surface area contributed by atoms with Gasteiger partial charge in [-0.25, -0.2) is 0 Å². The molecule has 0 spiro atoms. The molecule has 10 aromatic carbocycles. The molecule has 10 rings (SSSR count). The van der Waals surface area contributed by atoms with Gasteiger partial charge in [0.05, 0.1) is 0 Å². The van der Waals surface area contributed by atoms with E-state index in [1.165, 1.54) is 98.7 Å². The predicted molar refractivity (Wildman–Crippen MR) is 224 cm³/mol. The fourth-order valence-electron chi connectivity index (χ4n) is 8.20. The first-order valence-corrected chi connectivity index (χ1v) is 18.0. The number of hydrogen-bond donors (Lipinski definition) is 0. The van der Waals surface area contributed by atoms with Crippen LogP contribution in [0.15, 0.2) is 206 Å². The molecule has 0 aliphatic carbocycles. The first-order chi connectivity index (χ1) is 25.8. The van der Waals surface area contributed by atoms with Crippen molar-refractivity contribution in [3.8, 4) is 55.6 Å². The summed E-state index contributed by atoms with van der Waals surface area (Å²) in [5.74, 6) is 0. The SMILES string of the molecule is c1ccc(-c2ccc(-c3ccccc3-c3c4ccccc4c(-c4ccc5cc(-c6cccc7ccccc67)ccc5c4)c4ccccc34)cc2)cc1. The van der Waals surface area contributed by atoms with E-state index in [0.717, 1.165) is 0 Å². The van der Waals surface area contributed by atoms with E-state index < -0.39 is 0 Å². The molecule has 10 aromatic rings. The van der Waals surface area contributed by atoms with Crippen LogP contribution in [0.4, 0.5) is 0 Å². The smallest absolute Gasteiger partial charge is 0.00201 e. The van der Waals surface area contributed by atoms with Gasteiger partial charge in [-0.15, -0.1) is 0 Å². The zero-order valence-corrected chi connectivity index (χ0v) is 28.6. The van der Waals surface area contributed by atoms with Crippen molar-refractivity contribution >= 4 is 43.1 Å². The number of hydrogen-bond acceptors (Lipinski definition) is 0. The van der Waals surface area contributed by atoms with Crippen molar-refractivity contribution in [1.29, 1.82) is 0 Å². The van der Waals surface area contributed by atoms with Crippen molar-refractivity contribution in [3.63, 3.8) is 0 Å². The molecule has 0 heteroatoms. The number of benzene rings is 10. The lowest BCUT2D eigenvalue weighted by molar-refractivity contribution is 1.58. The zero-order chi connectivity index (χ0) is 34.4. The maximum absolute atomic E-state index is 2.37. The van der Waals surface area contributed by atoms with E-state index in [9.17, 15) is 0 Å². The molecule has 0 bridgehead atoms. The molecule has 0 fully saturated rings. The molecular weight excluding hydrogens is 625 g/mol. The van der Waals surface area contributed by atoms with Crippen molar-refractivity contribution in [3.05, 3.63) is 206 Å². The molecule has 0 N–H and O–H groups in total. The van der Waals surface area contributed by atoms with Crippen molar-refractivity contribution in [1.82, 2.24) is 0 Å². The van der Waals surface area contributed by atoms with Gasteiger partial charge in [0.15, 0.2) is 0 Å². The quantitative estimate of drug-likeness (QED) is 0.161. The minimum Gasteiger partial charge on any atom is -0.0622 e. The van der Waals surface area contributed by atoms with E-state index in [0.29, 0.717) is 0 Å². The first kappa shape index (κ1) is 30.1. The first-order valence-electron chi connectivity index (χ1n) is 18.0. The summed E-state index contributed by atoms with van der Waals surface area (Å²) in [7, 11) is 0. The Morgan fingerprint density at radius 1 is 0.192 bits per heavy atom. The van der Waals surface area contributed by atoms with Gasteiger partial charge < -0.3 is 0 Å². The molecule has 242 valence electrons. The Bertz CT molecular complexity index is 2870. The molecule has 0 heterocycles. The Morgan fingerprint density at radius 3 is 1.33 bits per heavy atom. The standard InChI is InChI=1S/C52H34/c1-2-13-35(14-3-1)36-25-27-38(28-26-36)44-18-6-7-19-46(44)52-49-22-10-8-20-47(49)51(48-21-9-11-23-50(48)52)42-32-30-39-33-41(31-29-40(39)34-42)45-24-12-16-37-15-4-5-17-43(37)45/h1-34H. The second-order valence-corrected chi connectivity index (χ2v) is 13.6. The van der Waals surface area contributed by atoms with Crippen molar-refractivity contribution < 1.29 is 0 Å². The molecule has 0 aliphatic rings. The van der Waals surface area contributed by atoms with Gasteiger partial charge in [0.1, 0.15) is 0 Å². The summed E-state index contributed by atoms with van der Waals surface area (Å²) in [5.41, 5.74) is 12.4. The maximum Gasteiger partial charge on any atom is -0.00201 e. The minimum absolute atomic E-state index is 1.21. The average molecular weight is 659 g/mol. The van der Waals surface area contributed by atoms with Crippen molar-refractivity contribution in [2.75, 3.05) is 0 Å². The Hall–Kier alpha value is -6.76. The maximum atomic E-state index is 2.37. The van der Waals surface area contributed by atoms with Crippen molar-refractivity contribution in [2.45, 2.75) is 0 Å². The molecule has 0 aromatic heterocycles. The van der Waals surface area contributed by atoms with Crippen LogP contribution in [0.3, 0.4) is 0 Å². The molecule has 0 nitrogen and oxygen atoms in total. The van der Waals surface area contributed by atoms with Gasteiger partial charge in [-0.3, -0.25) is 0 Å². The van der Waals surface area contributed by atoms with E-state index in [-0.39, 0.29) is 0 Å². The van der Waals surface area contributed by atoms with Crippen LogP contribution in [-0.2, 0) is 0 Å². The zero-order valence-electron chi connectivity index (χ0n) is 28.6. The van der Waals surface area contributed by atoms with Gasteiger partial charge >= 0.3 is 0 Å². The third-order valence-electron chi connectivity index (χ3n) is 10.7. The van der Waals surface area contributed by atoms with Gasteiger partial charge in [-0.05, 0) is 111 Å². The van der Waals surface area contributed by atoms with Gasteiger partial charge in [-0.2, -0.15) is 0 Å². The van der Waals surface area contributed by atoms with Crippen LogP contribution in [0.1, 0.15) is 0 Å². The molecule has 0 amide bonds. The van der Waals surface area contributed by atoms with Crippen LogP contribution in [0.2, 0.25) is 0 Å². The molecule has 0 aliphatic heterocycles. The van der Waals surface area contributed by atoms with Crippen molar-refractivity contribution in [2.24, 2.45) is 0 Å². The second-order valence-electron chi connectivity index (χ2n) is 13.6. The van der Waals surface area contributed by atoms with Crippen LogP contribution < -0.4 is 0 Å². The normalized spacial score (nSPS) is 11.5. The van der Waals surface area contributed by atoms with Crippen LogP contribution in [0.25, 0.3) is 98.7 Å². The fraction of sp³-hybridized carbons (Fsp3) is 0. The molecule has 0 radical (unpaired) electrons. The topological polar surface area (TPSA) is 0 Å².